The molecule has 0 amide bonds. The van der Waals surface area contributed by atoms with E-state index in [1.165, 1.54) is 6.07 Å². The van der Waals surface area contributed by atoms with Gasteiger partial charge in [-0.2, -0.15) is 22.1 Å². The zero-order valence-corrected chi connectivity index (χ0v) is 8.65. The highest BCUT2D eigenvalue weighted by Gasteiger charge is 2.28. The molecule has 1 N–H and O–H groups in total. The number of aromatic amines is 1. The third-order valence-corrected chi connectivity index (χ3v) is 2.72. The fourth-order valence-electron chi connectivity index (χ4n) is 1.44. The number of aromatic nitrogens is 2. The largest absolute Gasteiger partial charge is 0.388 e. The maximum atomic E-state index is 12.7. The van der Waals surface area contributed by atoms with Gasteiger partial charge in [-0.25, -0.2) is 4.98 Å². The van der Waals surface area contributed by atoms with Crippen molar-refractivity contribution in [1.29, 1.82) is 0 Å². The van der Waals surface area contributed by atoms with Crippen molar-refractivity contribution in [3.8, 4) is 0 Å². The minimum absolute atomic E-state index is 0.0732. The van der Waals surface area contributed by atoms with Gasteiger partial charge >= 0.3 is 11.7 Å². The second-order valence-electron chi connectivity index (χ2n) is 2.97. The molecule has 0 unspecified atom stereocenters. The monoisotopic (exact) mass is 251 g/mol. The van der Waals surface area contributed by atoms with Gasteiger partial charge in [-0.3, -0.25) is 0 Å². The topological polar surface area (TPSA) is 19.7 Å². The van der Waals surface area contributed by atoms with Gasteiger partial charge in [0.05, 0.1) is 0 Å². The first-order valence-corrected chi connectivity index (χ1v) is 5.23. The molecule has 0 radical (unpaired) electrons. The molecule has 0 aliphatic carbocycles. The summed E-state index contributed by atoms with van der Waals surface area (Å²) in [5, 5.41) is -0.244. The van der Waals surface area contributed by atoms with Crippen LogP contribution in [0.25, 0.3) is 11.0 Å². The summed E-state index contributed by atoms with van der Waals surface area (Å²) >= 11 is 0.0732. The van der Waals surface area contributed by atoms with E-state index in [-0.39, 0.29) is 22.4 Å². The summed E-state index contributed by atoms with van der Waals surface area (Å²) in [6, 6.07) is 6.23. The molecule has 2 aromatic rings. The minimum atomic E-state index is -2.85. The second-order valence-corrected chi connectivity index (χ2v) is 3.95. The quantitative estimate of drug-likeness (QED) is 0.504. The van der Waals surface area contributed by atoms with E-state index in [4.69, 9.17) is 0 Å². The molecule has 0 atom stereocenters. The molecule has 0 bridgehead atoms. The average molecular weight is 251 g/mol. The molecule has 7 heteroatoms. The molecule has 1 aromatic carbocycles. The summed E-state index contributed by atoms with van der Waals surface area (Å²) in [5.74, 6) is -2.74. The Morgan fingerprint density at radius 3 is 2.44 bits per heavy atom. The zero-order valence-electron chi connectivity index (χ0n) is 7.83. The molecule has 2 rings (SSSR count). The van der Waals surface area contributed by atoms with Crippen molar-refractivity contribution < 1.29 is 22.1 Å². The summed E-state index contributed by atoms with van der Waals surface area (Å²) in [6.07, 6.45) is 0. The second kappa shape index (κ2) is 4.32. The van der Waals surface area contributed by atoms with Crippen molar-refractivity contribution in [2.45, 2.75) is 17.5 Å². The van der Waals surface area contributed by atoms with Crippen LogP contribution in [0.2, 0.25) is 0 Å². The smallest absolute Gasteiger partial charge is 0.231 e. The predicted molar refractivity (Wildman–Crippen MR) is 51.6 cm³/mol. The van der Waals surface area contributed by atoms with Crippen molar-refractivity contribution in [3.63, 3.8) is 0 Å². The molecule has 1 aromatic heterocycles. The highest BCUT2D eigenvalue weighted by atomic mass is 32.2. The standard InChI is InChI=1S/C9H6F4N2S/c10-7(11)15-6-4-2-1-3-5(6)14-9(15)16-8(12)13/h1-4,7-8H/p+1. The Morgan fingerprint density at radius 1 is 1.12 bits per heavy atom. The van der Waals surface area contributed by atoms with Crippen molar-refractivity contribution in [1.82, 2.24) is 4.98 Å². The van der Waals surface area contributed by atoms with E-state index < -0.39 is 12.3 Å². The van der Waals surface area contributed by atoms with Gasteiger partial charge in [-0.1, -0.05) is 12.1 Å². The van der Waals surface area contributed by atoms with Crippen molar-refractivity contribution in [3.05, 3.63) is 24.3 Å². The molecule has 0 spiro atoms. The lowest BCUT2D eigenvalue weighted by molar-refractivity contribution is -0.782. The molecule has 0 saturated heterocycles. The van der Waals surface area contributed by atoms with Gasteiger partial charge in [0, 0.05) is 11.8 Å². The maximum absolute atomic E-state index is 12.7. The first kappa shape index (κ1) is 11.3. The predicted octanol–water partition coefficient (Wildman–Crippen LogP) is 3.17. The number of fused-ring (bicyclic) bond motifs is 1. The average Bonchev–Trinajstić information content (AvgIpc) is 2.53. The Bertz CT molecular complexity index is 497. The van der Waals surface area contributed by atoms with E-state index in [1.54, 1.807) is 18.2 Å². The summed E-state index contributed by atoms with van der Waals surface area (Å²) in [5.41, 5.74) is 0.617. The van der Waals surface area contributed by atoms with Gasteiger partial charge < -0.3 is 0 Å². The molecule has 0 aliphatic rings. The number of rotatable bonds is 3. The lowest BCUT2D eigenvalue weighted by atomic mass is 10.3. The molecule has 0 fully saturated rings. The van der Waals surface area contributed by atoms with Crippen molar-refractivity contribution >= 4 is 22.8 Å². The summed E-state index contributed by atoms with van der Waals surface area (Å²) in [7, 11) is 0. The van der Waals surface area contributed by atoms with Crippen LogP contribution in [0, 0.1) is 0 Å². The van der Waals surface area contributed by atoms with E-state index in [2.05, 4.69) is 4.98 Å². The third kappa shape index (κ3) is 1.99. The maximum Gasteiger partial charge on any atom is 0.388 e. The first-order chi connectivity index (χ1) is 7.59. The number of hydrogen-bond donors (Lipinski definition) is 1. The first-order valence-electron chi connectivity index (χ1n) is 4.35. The van der Waals surface area contributed by atoms with Gasteiger partial charge in [0.1, 0.15) is 0 Å². The number of thioether (sulfide) groups is 1. The van der Waals surface area contributed by atoms with Crippen molar-refractivity contribution in [2.24, 2.45) is 0 Å². The number of nitrogens with one attached hydrogen (secondary N) is 1. The fourth-order valence-corrected chi connectivity index (χ4v) is 2.07. The summed E-state index contributed by atoms with van der Waals surface area (Å²) < 4.78 is 50.4. The van der Waals surface area contributed by atoms with Crippen LogP contribution in [0.3, 0.4) is 0 Å². The lowest BCUT2D eigenvalue weighted by Crippen LogP contribution is -2.36. The highest BCUT2D eigenvalue weighted by Crippen LogP contribution is 2.25. The molecule has 86 valence electrons. The lowest BCUT2D eigenvalue weighted by Gasteiger charge is -1.98. The van der Waals surface area contributed by atoms with Crippen LogP contribution >= 0.6 is 11.8 Å². The van der Waals surface area contributed by atoms with E-state index in [1.807, 2.05) is 0 Å². The molecule has 1 heterocycles. The van der Waals surface area contributed by atoms with Gasteiger partial charge in [-0.05, 0) is 12.1 Å². The summed E-state index contributed by atoms with van der Waals surface area (Å²) in [4.78, 5) is 2.54. The number of hydrogen-bond acceptors (Lipinski definition) is 1. The normalized spacial score (nSPS) is 11.9. The van der Waals surface area contributed by atoms with Crippen LogP contribution < -0.4 is 4.57 Å². The Labute approximate surface area is 92.3 Å². The van der Waals surface area contributed by atoms with E-state index >= 15 is 0 Å². The number of halogens is 4. The molecule has 16 heavy (non-hydrogen) atoms. The molecular formula is C9H7F4N2S+. The van der Waals surface area contributed by atoms with Crippen LogP contribution in [0.5, 0.6) is 0 Å². The van der Waals surface area contributed by atoms with Gasteiger partial charge in [-0.15, -0.1) is 0 Å². The molecule has 0 saturated carbocycles. The van der Waals surface area contributed by atoms with Crippen molar-refractivity contribution in [2.75, 3.05) is 0 Å². The van der Waals surface area contributed by atoms with E-state index in [0.717, 1.165) is 0 Å². The zero-order chi connectivity index (χ0) is 11.7. The van der Waals surface area contributed by atoms with Gasteiger partial charge in [0.25, 0.3) is 5.76 Å². The van der Waals surface area contributed by atoms with Crippen LogP contribution in [0.1, 0.15) is 6.55 Å². The number of benzene rings is 1. The van der Waals surface area contributed by atoms with Crippen LogP contribution in [-0.4, -0.2) is 10.7 Å². The van der Waals surface area contributed by atoms with Crippen LogP contribution in [0.15, 0.2) is 29.4 Å². The van der Waals surface area contributed by atoms with E-state index in [9.17, 15) is 17.6 Å². The molecular weight excluding hydrogens is 244 g/mol. The molecule has 2 nitrogen and oxygen atoms in total. The number of nitrogens with zero attached hydrogens (tertiary/aromatic N) is 1. The van der Waals surface area contributed by atoms with Gasteiger partial charge in [0.15, 0.2) is 11.0 Å². The number of H-pyrrole nitrogens is 1. The highest BCUT2D eigenvalue weighted by molar-refractivity contribution is 7.99. The minimum Gasteiger partial charge on any atom is -0.231 e. The SMILES string of the molecule is FC(F)Sc1[nH]c2ccccc2[n+]1C(F)F. The fraction of sp³-hybridized carbons (Fsp3) is 0.222. The third-order valence-electron chi connectivity index (χ3n) is 2.02. The number of imidazole rings is 1. The van der Waals surface area contributed by atoms with E-state index in [0.29, 0.717) is 10.1 Å². The Balaban J connectivity index is 2.58. The van der Waals surface area contributed by atoms with Crippen LogP contribution in [-0.2, 0) is 0 Å². The number of alkyl halides is 4. The summed E-state index contributed by atoms with van der Waals surface area (Å²) in [6.45, 7) is -2.85. The Hall–Kier alpha value is -1.24. The van der Waals surface area contributed by atoms with Crippen LogP contribution in [0.4, 0.5) is 17.6 Å². The molecule has 0 aliphatic heterocycles. The van der Waals surface area contributed by atoms with Gasteiger partial charge in [0.2, 0.25) is 0 Å². The Morgan fingerprint density at radius 2 is 1.81 bits per heavy atom. The number of para-hydroxylation sites is 2. The Kier molecular flexibility index (Phi) is 3.04.